The first kappa shape index (κ1) is 70.9. The minimum atomic E-state index is -1.55. The normalized spacial score (nSPS) is 18.9. The monoisotopic (exact) mass is 1050 g/mol. The van der Waals surface area contributed by atoms with Gasteiger partial charge in [0.1, 0.15) is 24.4 Å². The number of amides is 1. The van der Waals surface area contributed by atoms with Crippen molar-refractivity contribution in [3.8, 4) is 0 Å². The first-order valence-corrected chi connectivity index (χ1v) is 32.9. The Morgan fingerprint density at radius 2 is 0.757 bits per heavy atom. The van der Waals surface area contributed by atoms with Crippen LogP contribution in [0.1, 0.15) is 341 Å². The summed E-state index contributed by atoms with van der Waals surface area (Å²) in [4.78, 5) is 13.1. The van der Waals surface area contributed by atoms with Crippen LogP contribution in [0.25, 0.3) is 0 Å². The molecular formula is C65H127NO8. The highest BCUT2D eigenvalue weighted by Crippen LogP contribution is 2.24. The van der Waals surface area contributed by atoms with Crippen molar-refractivity contribution in [3.63, 3.8) is 0 Å². The van der Waals surface area contributed by atoms with Gasteiger partial charge in [0.05, 0.1) is 25.4 Å². The summed E-state index contributed by atoms with van der Waals surface area (Å²) in [7, 11) is 0. The highest BCUT2D eigenvalue weighted by atomic mass is 16.7. The number of allylic oxidation sites excluding steroid dienone is 2. The molecule has 1 aliphatic rings. The van der Waals surface area contributed by atoms with Gasteiger partial charge in [0.2, 0.25) is 5.91 Å². The molecule has 6 N–H and O–H groups in total. The van der Waals surface area contributed by atoms with Crippen molar-refractivity contribution in [3.05, 3.63) is 12.2 Å². The number of carbonyl (C=O) groups is 1. The Labute approximate surface area is 458 Å². The Hall–Kier alpha value is -1.07. The zero-order valence-electron chi connectivity index (χ0n) is 49.1. The second-order valence-corrected chi connectivity index (χ2v) is 23.3. The van der Waals surface area contributed by atoms with Crippen molar-refractivity contribution in [1.29, 1.82) is 0 Å². The Morgan fingerprint density at radius 3 is 1.09 bits per heavy atom. The van der Waals surface area contributed by atoms with Crippen molar-refractivity contribution in [2.24, 2.45) is 0 Å². The van der Waals surface area contributed by atoms with Gasteiger partial charge in [-0.1, -0.05) is 309 Å². The van der Waals surface area contributed by atoms with Crippen LogP contribution in [0.5, 0.6) is 0 Å². The van der Waals surface area contributed by atoms with Gasteiger partial charge in [0, 0.05) is 6.42 Å². The largest absolute Gasteiger partial charge is 0.394 e. The van der Waals surface area contributed by atoms with E-state index in [0.29, 0.717) is 12.8 Å². The SMILES string of the molecule is CCCCCCCCCCCCCCCC/C=C\CCCCCCCCCCCCCCCCCCCC(=O)NC(COC1OC(CO)C(O)C(O)C1O)C(O)CCCCCCCCCCCCCCCCCC. The predicted molar refractivity (Wildman–Crippen MR) is 314 cm³/mol. The number of carbonyl (C=O) groups excluding carboxylic acids is 1. The quantitative estimate of drug-likeness (QED) is 0.0261. The lowest BCUT2D eigenvalue weighted by Gasteiger charge is -2.40. The van der Waals surface area contributed by atoms with E-state index in [4.69, 9.17) is 9.47 Å². The van der Waals surface area contributed by atoms with Crippen molar-refractivity contribution in [2.75, 3.05) is 13.2 Å². The Bertz CT molecular complexity index is 1170. The molecule has 1 rings (SSSR count). The molecule has 0 aromatic heterocycles. The molecule has 7 atom stereocenters. The van der Waals surface area contributed by atoms with E-state index in [9.17, 15) is 30.3 Å². The molecule has 440 valence electrons. The molecule has 1 heterocycles. The van der Waals surface area contributed by atoms with E-state index in [0.717, 1.165) is 38.5 Å². The minimum Gasteiger partial charge on any atom is -0.394 e. The summed E-state index contributed by atoms with van der Waals surface area (Å²) >= 11 is 0. The van der Waals surface area contributed by atoms with Crippen LogP contribution in [-0.4, -0.2) is 87.5 Å². The summed E-state index contributed by atoms with van der Waals surface area (Å²) in [5, 5.41) is 54.7. The van der Waals surface area contributed by atoms with Crippen molar-refractivity contribution in [1.82, 2.24) is 5.32 Å². The molecule has 0 saturated carbocycles. The molecule has 0 bridgehead atoms. The van der Waals surface area contributed by atoms with Gasteiger partial charge in [-0.2, -0.15) is 0 Å². The molecule has 1 fully saturated rings. The second-order valence-electron chi connectivity index (χ2n) is 23.3. The smallest absolute Gasteiger partial charge is 0.220 e. The fourth-order valence-corrected chi connectivity index (χ4v) is 10.9. The number of nitrogens with one attached hydrogen (secondary N) is 1. The van der Waals surface area contributed by atoms with Gasteiger partial charge in [-0.3, -0.25) is 4.79 Å². The van der Waals surface area contributed by atoms with Crippen LogP contribution in [0, 0.1) is 0 Å². The van der Waals surface area contributed by atoms with E-state index in [1.165, 1.54) is 276 Å². The molecule has 1 aliphatic heterocycles. The van der Waals surface area contributed by atoms with Crippen LogP contribution in [-0.2, 0) is 14.3 Å². The molecule has 1 amide bonds. The van der Waals surface area contributed by atoms with Crippen molar-refractivity contribution in [2.45, 2.75) is 384 Å². The number of hydrogen-bond donors (Lipinski definition) is 6. The van der Waals surface area contributed by atoms with Gasteiger partial charge in [0.25, 0.3) is 0 Å². The van der Waals surface area contributed by atoms with Crippen LogP contribution in [0.15, 0.2) is 12.2 Å². The van der Waals surface area contributed by atoms with Gasteiger partial charge in [-0.15, -0.1) is 0 Å². The summed E-state index contributed by atoms with van der Waals surface area (Å²) in [6.45, 7) is 3.89. The molecule has 74 heavy (non-hydrogen) atoms. The average Bonchev–Trinajstić information content (AvgIpc) is 3.40. The van der Waals surface area contributed by atoms with Gasteiger partial charge in [-0.25, -0.2) is 0 Å². The van der Waals surface area contributed by atoms with Gasteiger partial charge < -0.3 is 40.3 Å². The van der Waals surface area contributed by atoms with E-state index in [2.05, 4.69) is 31.3 Å². The summed E-state index contributed by atoms with van der Waals surface area (Å²) in [5.41, 5.74) is 0. The summed E-state index contributed by atoms with van der Waals surface area (Å²) in [6, 6.07) is -0.715. The number of rotatable bonds is 58. The lowest BCUT2D eigenvalue weighted by atomic mass is 9.99. The van der Waals surface area contributed by atoms with Crippen LogP contribution in [0.3, 0.4) is 0 Å². The third-order valence-electron chi connectivity index (χ3n) is 16.1. The molecule has 0 radical (unpaired) electrons. The average molecular weight is 1050 g/mol. The maximum atomic E-state index is 13.1. The molecule has 0 aromatic carbocycles. The number of unbranched alkanes of at least 4 members (excludes halogenated alkanes) is 46. The lowest BCUT2D eigenvalue weighted by molar-refractivity contribution is -0.302. The lowest BCUT2D eigenvalue weighted by Crippen LogP contribution is -2.60. The molecule has 0 aromatic rings. The standard InChI is InChI=1S/C65H127NO8/c1-3-5-7-9-11-13-15-17-19-21-22-23-24-25-26-27-28-29-30-31-32-33-34-35-36-37-38-39-41-43-45-47-49-51-53-55-61(69)66-58(57-73-65-64(72)63(71)62(70)60(56-67)74-65)59(68)54-52-50-48-46-44-42-40-20-18-16-14-12-10-8-6-4-2/h27-28,58-60,62-65,67-68,70-72H,3-26,29-57H2,1-2H3,(H,66,69)/b28-27-. The fraction of sp³-hybridized carbons (Fsp3) is 0.954. The van der Waals surface area contributed by atoms with E-state index < -0.39 is 49.5 Å². The zero-order chi connectivity index (χ0) is 53.6. The van der Waals surface area contributed by atoms with Crippen LogP contribution >= 0.6 is 0 Å². The van der Waals surface area contributed by atoms with E-state index >= 15 is 0 Å². The Balaban J connectivity index is 2.06. The van der Waals surface area contributed by atoms with Crippen molar-refractivity contribution < 1.29 is 39.8 Å². The van der Waals surface area contributed by atoms with Crippen LogP contribution in [0.2, 0.25) is 0 Å². The van der Waals surface area contributed by atoms with Crippen LogP contribution < -0.4 is 5.32 Å². The van der Waals surface area contributed by atoms with Crippen LogP contribution in [0.4, 0.5) is 0 Å². The highest BCUT2D eigenvalue weighted by Gasteiger charge is 2.44. The molecule has 7 unspecified atom stereocenters. The highest BCUT2D eigenvalue weighted by molar-refractivity contribution is 5.76. The molecule has 9 nitrogen and oxygen atoms in total. The summed E-state index contributed by atoms with van der Waals surface area (Å²) in [5.74, 6) is -0.137. The number of aliphatic hydroxyl groups is 5. The fourth-order valence-electron chi connectivity index (χ4n) is 10.9. The van der Waals surface area contributed by atoms with E-state index in [1.54, 1.807) is 0 Å². The number of aliphatic hydroxyl groups excluding tert-OH is 5. The molecule has 9 heteroatoms. The second kappa shape index (κ2) is 55.3. The van der Waals surface area contributed by atoms with Gasteiger partial charge in [-0.05, 0) is 38.5 Å². The predicted octanol–water partition coefficient (Wildman–Crippen LogP) is 17.1. The Morgan fingerprint density at radius 1 is 0.446 bits per heavy atom. The maximum Gasteiger partial charge on any atom is 0.220 e. The first-order chi connectivity index (χ1) is 36.3. The molecule has 0 spiro atoms. The zero-order valence-corrected chi connectivity index (χ0v) is 49.1. The summed E-state index contributed by atoms with van der Waals surface area (Å²) in [6.07, 6.45) is 62.8. The third kappa shape index (κ3) is 43.9. The molecule has 0 aliphatic carbocycles. The topological polar surface area (TPSA) is 149 Å². The Kier molecular flexibility index (Phi) is 53.0. The van der Waals surface area contributed by atoms with Gasteiger partial charge >= 0.3 is 0 Å². The van der Waals surface area contributed by atoms with E-state index in [-0.39, 0.29) is 12.5 Å². The number of ether oxygens (including phenoxy) is 2. The minimum absolute atomic E-state index is 0.132. The third-order valence-corrected chi connectivity index (χ3v) is 16.1. The summed E-state index contributed by atoms with van der Waals surface area (Å²) < 4.78 is 11.3. The van der Waals surface area contributed by atoms with Crippen molar-refractivity contribution >= 4 is 5.91 Å². The number of hydrogen-bond acceptors (Lipinski definition) is 8. The van der Waals surface area contributed by atoms with E-state index in [1.807, 2.05) is 0 Å². The molecule has 1 saturated heterocycles. The molecular weight excluding hydrogens is 923 g/mol. The maximum absolute atomic E-state index is 13.1. The first-order valence-electron chi connectivity index (χ1n) is 32.9. The van der Waals surface area contributed by atoms with Gasteiger partial charge in [0.15, 0.2) is 6.29 Å².